The first-order chi connectivity index (χ1) is 19.6. The Bertz CT molecular complexity index is 1300. The van der Waals surface area contributed by atoms with Crippen LogP contribution in [0.5, 0.6) is 0 Å². The Morgan fingerprint density at radius 1 is 0.950 bits per heavy atom. The van der Waals surface area contributed by atoms with Crippen LogP contribution in [-0.4, -0.2) is 66.9 Å². The van der Waals surface area contributed by atoms with Gasteiger partial charge in [-0.2, -0.15) is 0 Å². The van der Waals surface area contributed by atoms with E-state index in [1.54, 1.807) is 11.3 Å². The first-order valence-corrected chi connectivity index (χ1v) is 15.4. The summed E-state index contributed by atoms with van der Waals surface area (Å²) in [4.78, 5) is 35.6. The van der Waals surface area contributed by atoms with E-state index in [0.29, 0.717) is 12.1 Å². The maximum atomic E-state index is 13.9. The number of thiophene rings is 1. The van der Waals surface area contributed by atoms with Gasteiger partial charge in [-0.05, 0) is 73.1 Å². The van der Waals surface area contributed by atoms with E-state index in [4.69, 9.17) is 0 Å². The van der Waals surface area contributed by atoms with Crippen molar-refractivity contribution in [2.45, 2.75) is 50.1 Å². The van der Waals surface area contributed by atoms with Gasteiger partial charge in [-0.1, -0.05) is 37.1 Å². The van der Waals surface area contributed by atoms with Crippen LogP contribution in [0.25, 0.3) is 0 Å². The minimum atomic E-state index is -0.424. The molecule has 0 radical (unpaired) electrons. The van der Waals surface area contributed by atoms with Crippen LogP contribution in [0.2, 0.25) is 0 Å². The zero-order valence-corrected chi connectivity index (χ0v) is 23.6. The van der Waals surface area contributed by atoms with Crippen LogP contribution in [0.1, 0.15) is 64.9 Å². The third kappa shape index (κ3) is 5.52. The second kappa shape index (κ2) is 12.1. The SMILES string of the molecule is O=C(NCCCN1CCN(c2ccc(F)cc2)CC1)[C@H]1c2ccccc2C(=O)N(C2CCCC2)[C@H]1c1cccs1. The van der Waals surface area contributed by atoms with E-state index in [1.807, 2.05) is 52.7 Å². The summed E-state index contributed by atoms with van der Waals surface area (Å²) in [6.07, 6.45) is 5.12. The molecule has 2 atom stereocenters. The summed E-state index contributed by atoms with van der Waals surface area (Å²) >= 11 is 1.63. The molecule has 0 unspecified atom stereocenters. The van der Waals surface area contributed by atoms with Gasteiger partial charge in [0.2, 0.25) is 5.91 Å². The first-order valence-electron chi connectivity index (χ1n) is 14.6. The van der Waals surface area contributed by atoms with Gasteiger partial charge in [0.05, 0.1) is 12.0 Å². The van der Waals surface area contributed by atoms with Crippen LogP contribution in [0.15, 0.2) is 66.0 Å². The molecule has 6 nitrogen and oxygen atoms in total. The van der Waals surface area contributed by atoms with Gasteiger partial charge in [-0.15, -0.1) is 11.3 Å². The summed E-state index contributed by atoms with van der Waals surface area (Å²) in [6.45, 7) is 5.22. The van der Waals surface area contributed by atoms with Gasteiger partial charge in [-0.3, -0.25) is 14.5 Å². The lowest BCUT2D eigenvalue weighted by Gasteiger charge is -2.44. The third-order valence-electron chi connectivity index (χ3n) is 8.73. The topological polar surface area (TPSA) is 55.9 Å². The summed E-state index contributed by atoms with van der Waals surface area (Å²) in [6, 6.07) is 18.4. The summed E-state index contributed by atoms with van der Waals surface area (Å²) < 4.78 is 13.3. The van der Waals surface area contributed by atoms with Crippen molar-refractivity contribution >= 4 is 28.8 Å². The molecule has 6 rings (SSSR count). The zero-order valence-electron chi connectivity index (χ0n) is 22.8. The lowest BCUT2D eigenvalue weighted by atomic mass is 9.80. The van der Waals surface area contributed by atoms with Crippen molar-refractivity contribution < 1.29 is 14.0 Å². The normalized spacial score (nSPS) is 22.0. The maximum Gasteiger partial charge on any atom is 0.254 e. The first kappa shape index (κ1) is 27.0. The fourth-order valence-corrected chi connectivity index (χ4v) is 7.55. The number of nitrogens with one attached hydrogen (secondary N) is 1. The van der Waals surface area contributed by atoms with Crippen molar-refractivity contribution in [3.05, 3.63) is 87.9 Å². The lowest BCUT2D eigenvalue weighted by Crippen LogP contribution is -2.51. The molecule has 2 fully saturated rings. The van der Waals surface area contributed by atoms with Crippen LogP contribution >= 0.6 is 11.3 Å². The molecule has 1 saturated carbocycles. The minimum absolute atomic E-state index is 0.00229. The highest BCUT2D eigenvalue weighted by atomic mass is 32.1. The number of carbonyl (C=O) groups is 2. The average molecular weight is 561 g/mol. The highest BCUT2D eigenvalue weighted by molar-refractivity contribution is 7.10. The maximum absolute atomic E-state index is 13.9. The average Bonchev–Trinajstić information content (AvgIpc) is 3.71. The molecule has 3 heterocycles. The van der Waals surface area contributed by atoms with E-state index in [-0.39, 0.29) is 29.7 Å². The Balaban J connectivity index is 1.10. The molecule has 40 heavy (non-hydrogen) atoms. The number of hydrogen-bond acceptors (Lipinski definition) is 5. The van der Waals surface area contributed by atoms with Crippen LogP contribution in [-0.2, 0) is 4.79 Å². The van der Waals surface area contributed by atoms with E-state index in [2.05, 4.69) is 21.2 Å². The molecule has 1 aliphatic carbocycles. The molecule has 2 aliphatic heterocycles. The monoisotopic (exact) mass is 560 g/mol. The molecule has 2 amide bonds. The van der Waals surface area contributed by atoms with Gasteiger partial charge in [-0.25, -0.2) is 4.39 Å². The van der Waals surface area contributed by atoms with Gasteiger partial charge >= 0.3 is 0 Å². The number of amides is 2. The van der Waals surface area contributed by atoms with Crippen LogP contribution in [0.4, 0.5) is 10.1 Å². The van der Waals surface area contributed by atoms with Gasteiger partial charge in [0, 0.05) is 54.9 Å². The number of fused-ring (bicyclic) bond motifs is 1. The van der Waals surface area contributed by atoms with Crippen LogP contribution < -0.4 is 10.2 Å². The number of anilines is 1. The number of halogens is 1. The second-order valence-electron chi connectivity index (χ2n) is 11.1. The van der Waals surface area contributed by atoms with E-state index in [1.165, 1.54) is 12.1 Å². The Labute approximate surface area is 239 Å². The Morgan fingerprint density at radius 3 is 2.42 bits per heavy atom. The largest absolute Gasteiger partial charge is 0.369 e. The Kier molecular flexibility index (Phi) is 8.16. The summed E-state index contributed by atoms with van der Waals surface area (Å²) in [5.41, 5.74) is 2.57. The fourth-order valence-electron chi connectivity index (χ4n) is 6.69. The third-order valence-corrected chi connectivity index (χ3v) is 9.67. The predicted octanol–water partition coefficient (Wildman–Crippen LogP) is 5.44. The van der Waals surface area contributed by atoms with Gasteiger partial charge in [0.25, 0.3) is 5.91 Å². The molecule has 1 saturated heterocycles. The quantitative estimate of drug-likeness (QED) is 0.373. The van der Waals surface area contributed by atoms with Crippen molar-refractivity contribution in [2.24, 2.45) is 0 Å². The molecular formula is C32H37FN4O2S. The summed E-state index contributed by atoms with van der Waals surface area (Å²) in [5.74, 6) is -0.569. The van der Waals surface area contributed by atoms with E-state index in [0.717, 1.165) is 81.0 Å². The zero-order chi connectivity index (χ0) is 27.5. The molecule has 210 valence electrons. The number of hydrogen-bond donors (Lipinski definition) is 1. The minimum Gasteiger partial charge on any atom is -0.369 e. The highest BCUT2D eigenvalue weighted by Gasteiger charge is 2.47. The predicted molar refractivity (Wildman–Crippen MR) is 157 cm³/mol. The molecule has 1 N–H and O–H groups in total. The summed E-state index contributed by atoms with van der Waals surface area (Å²) in [5, 5.41) is 5.29. The van der Waals surface area contributed by atoms with Crippen molar-refractivity contribution in [1.29, 1.82) is 0 Å². The Hall–Kier alpha value is -3.23. The number of carbonyl (C=O) groups excluding carboxylic acids is 2. The molecular weight excluding hydrogens is 523 g/mol. The molecule has 0 bridgehead atoms. The molecule has 8 heteroatoms. The van der Waals surface area contributed by atoms with Crippen molar-refractivity contribution in [3.8, 4) is 0 Å². The molecule has 0 spiro atoms. The van der Waals surface area contributed by atoms with Gasteiger partial charge < -0.3 is 15.1 Å². The van der Waals surface area contributed by atoms with Crippen LogP contribution in [0, 0.1) is 5.82 Å². The molecule has 1 aromatic heterocycles. The van der Waals surface area contributed by atoms with E-state index < -0.39 is 5.92 Å². The van der Waals surface area contributed by atoms with E-state index >= 15 is 0 Å². The summed E-state index contributed by atoms with van der Waals surface area (Å²) in [7, 11) is 0. The van der Waals surface area contributed by atoms with E-state index in [9.17, 15) is 14.0 Å². The van der Waals surface area contributed by atoms with Crippen LogP contribution in [0.3, 0.4) is 0 Å². The van der Waals surface area contributed by atoms with Crippen molar-refractivity contribution in [3.63, 3.8) is 0 Å². The van der Waals surface area contributed by atoms with Crippen molar-refractivity contribution in [2.75, 3.05) is 44.2 Å². The standard InChI is InChI=1S/C32H37FN4O2S/c33-23-12-14-24(15-13-23)36-20-18-35(19-21-36)17-6-16-34-31(38)29-26-9-3-4-10-27(26)32(39)37(25-7-1-2-8-25)30(29)28-11-5-22-40-28/h3-5,9-15,22,25,29-30H,1-2,6-8,16-21H2,(H,34,38)/t29-,30-/m0/s1. The molecule has 3 aromatic rings. The smallest absolute Gasteiger partial charge is 0.254 e. The van der Waals surface area contributed by atoms with Crippen molar-refractivity contribution in [1.82, 2.24) is 15.1 Å². The second-order valence-corrected chi connectivity index (χ2v) is 12.1. The molecule has 2 aromatic carbocycles. The fraction of sp³-hybridized carbons (Fsp3) is 0.438. The Morgan fingerprint density at radius 2 is 1.70 bits per heavy atom. The lowest BCUT2D eigenvalue weighted by molar-refractivity contribution is -0.124. The number of nitrogens with zero attached hydrogens (tertiary/aromatic N) is 3. The van der Waals surface area contributed by atoms with Gasteiger partial charge in [0.15, 0.2) is 0 Å². The van der Waals surface area contributed by atoms with Gasteiger partial charge in [0.1, 0.15) is 5.82 Å². The number of benzene rings is 2. The number of piperazine rings is 1. The molecule has 3 aliphatic rings. The number of rotatable bonds is 8. The highest BCUT2D eigenvalue weighted by Crippen LogP contribution is 2.47.